The second kappa shape index (κ2) is 8.40. The molecule has 3 aromatic rings. The van der Waals surface area contributed by atoms with E-state index < -0.39 is 23.3 Å². The summed E-state index contributed by atoms with van der Waals surface area (Å²) < 4.78 is 39.8. The summed E-state index contributed by atoms with van der Waals surface area (Å²) in [5.41, 5.74) is 0.788. The summed E-state index contributed by atoms with van der Waals surface area (Å²) in [6.07, 6.45) is -1.19. The molecule has 0 spiro atoms. The molecule has 156 valence electrons. The smallest absolute Gasteiger partial charge is 0.416 e. The van der Waals surface area contributed by atoms with Crippen LogP contribution in [0.15, 0.2) is 59.7 Å². The van der Waals surface area contributed by atoms with Crippen molar-refractivity contribution in [3.8, 4) is 5.69 Å². The molecule has 1 heterocycles. The Balaban J connectivity index is 1.85. The van der Waals surface area contributed by atoms with E-state index in [9.17, 15) is 22.8 Å². The van der Waals surface area contributed by atoms with Crippen LogP contribution in [0.25, 0.3) is 5.69 Å². The van der Waals surface area contributed by atoms with E-state index in [1.807, 2.05) is 0 Å². The zero-order valence-electron chi connectivity index (χ0n) is 15.9. The molecule has 30 heavy (non-hydrogen) atoms. The van der Waals surface area contributed by atoms with Crippen molar-refractivity contribution in [3.05, 3.63) is 81.9 Å². The van der Waals surface area contributed by atoms with E-state index in [1.54, 1.807) is 24.3 Å². The van der Waals surface area contributed by atoms with Crippen molar-refractivity contribution in [2.45, 2.75) is 25.9 Å². The average molecular weight is 417 g/mol. The first-order valence-corrected chi connectivity index (χ1v) is 8.99. The van der Waals surface area contributed by atoms with Gasteiger partial charge < -0.3 is 10.4 Å². The summed E-state index contributed by atoms with van der Waals surface area (Å²) >= 11 is 0. The highest BCUT2D eigenvalue weighted by Crippen LogP contribution is 2.32. The number of anilines is 2. The number of hydrogen-bond acceptors (Lipinski definition) is 4. The lowest BCUT2D eigenvalue weighted by Crippen LogP contribution is -2.22. The van der Waals surface area contributed by atoms with Gasteiger partial charge in [0.2, 0.25) is 0 Å². The Kier molecular flexibility index (Phi) is 5.91. The van der Waals surface area contributed by atoms with E-state index >= 15 is 0 Å². The highest BCUT2D eigenvalue weighted by atomic mass is 19.4. The second-order valence-corrected chi connectivity index (χ2v) is 6.66. The predicted molar refractivity (Wildman–Crippen MR) is 105 cm³/mol. The third-order valence-corrected chi connectivity index (χ3v) is 4.49. The highest BCUT2D eigenvalue weighted by Gasteiger charge is 2.30. The fraction of sp³-hybridized carbons (Fsp3) is 0.190. The first-order chi connectivity index (χ1) is 14.1. The second-order valence-electron chi connectivity index (χ2n) is 6.66. The van der Waals surface area contributed by atoms with Crippen LogP contribution in [-0.2, 0) is 17.4 Å². The van der Waals surface area contributed by atoms with Crippen molar-refractivity contribution in [2.24, 2.45) is 0 Å². The Hall–Kier alpha value is -3.62. The molecule has 3 rings (SSSR count). The minimum Gasteiger partial charge on any atom is -0.481 e. The number of carboxylic acid groups (broad SMARTS) is 1. The number of aliphatic carboxylic acids is 1. The molecule has 0 unspecified atom stereocenters. The maximum atomic E-state index is 12.8. The lowest BCUT2D eigenvalue weighted by atomic mass is 10.1. The number of nitrogens with one attached hydrogen (secondary N) is 1. The highest BCUT2D eigenvalue weighted by molar-refractivity contribution is 5.67. The van der Waals surface area contributed by atoms with Crippen molar-refractivity contribution in [1.29, 1.82) is 0 Å². The molecule has 0 aliphatic carbocycles. The molecule has 0 atom stereocenters. The zero-order chi connectivity index (χ0) is 21.9. The first-order valence-electron chi connectivity index (χ1n) is 8.99. The Morgan fingerprint density at radius 3 is 2.47 bits per heavy atom. The molecule has 0 aliphatic heterocycles. The largest absolute Gasteiger partial charge is 0.481 e. The predicted octanol–water partition coefficient (Wildman–Crippen LogP) is 4.32. The average Bonchev–Trinajstić information content (AvgIpc) is 2.69. The molecule has 2 N–H and O–H groups in total. The molecule has 6 nitrogen and oxygen atoms in total. The Morgan fingerprint density at radius 1 is 1.17 bits per heavy atom. The maximum Gasteiger partial charge on any atom is 0.416 e. The number of carbonyl (C=O) groups is 1. The Labute approximate surface area is 169 Å². The van der Waals surface area contributed by atoms with E-state index in [4.69, 9.17) is 5.11 Å². The van der Waals surface area contributed by atoms with Crippen LogP contribution in [0.1, 0.15) is 23.1 Å². The van der Waals surface area contributed by atoms with Crippen LogP contribution in [0, 0.1) is 6.92 Å². The van der Waals surface area contributed by atoms with Crippen LogP contribution in [0.2, 0.25) is 0 Å². The van der Waals surface area contributed by atoms with E-state index in [1.165, 1.54) is 30.0 Å². The topological polar surface area (TPSA) is 84.2 Å². The fourth-order valence-corrected chi connectivity index (χ4v) is 2.88. The normalized spacial score (nSPS) is 11.3. The van der Waals surface area contributed by atoms with Crippen LogP contribution < -0.4 is 10.9 Å². The van der Waals surface area contributed by atoms with Gasteiger partial charge in [-0.3, -0.25) is 14.2 Å². The molecule has 0 amide bonds. The lowest BCUT2D eigenvalue weighted by molar-refractivity contribution is -0.138. The third-order valence-electron chi connectivity index (χ3n) is 4.49. The van der Waals surface area contributed by atoms with Gasteiger partial charge in [0.25, 0.3) is 5.56 Å². The number of alkyl halides is 3. The van der Waals surface area contributed by atoms with E-state index in [-0.39, 0.29) is 12.2 Å². The quantitative estimate of drug-likeness (QED) is 0.624. The molecule has 0 aliphatic rings. The molecule has 1 aromatic heterocycles. The van der Waals surface area contributed by atoms with Gasteiger partial charge in [0.05, 0.1) is 5.56 Å². The van der Waals surface area contributed by atoms with Crippen molar-refractivity contribution in [1.82, 2.24) is 9.55 Å². The number of nitrogens with zero attached hydrogens (tertiary/aromatic N) is 2. The van der Waals surface area contributed by atoms with Gasteiger partial charge in [-0.25, -0.2) is 4.98 Å². The summed E-state index contributed by atoms with van der Waals surface area (Å²) in [5, 5.41) is 11.6. The monoisotopic (exact) mass is 417 g/mol. The van der Waals surface area contributed by atoms with Gasteiger partial charge in [-0.05, 0) is 54.8 Å². The van der Waals surface area contributed by atoms with Crippen LogP contribution >= 0.6 is 0 Å². The summed E-state index contributed by atoms with van der Waals surface area (Å²) in [6, 6.07) is 10.0. The summed E-state index contributed by atoms with van der Waals surface area (Å²) in [7, 11) is 0. The van der Waals surface area contributed by atoms with Gasteiger partial charge in [-0.15, -0.1) is 0 Å². The number of halogens is 3. The summed E-state index contributed by atoms with van der Waals surface area (Å²) in [5.74, 6) is -0.922. The van der Waals surface area contributed by atoms with Crippen LogP contribution in [0.5, 0.6) is 0 Å². The fourth-order valence-electron chi connectivity index (χ4n) is 2.88. The van der Waals surface area contributed by atoms with Crippen molar-refractivity contribution in [3.63, 3.8) is 0 Å². The van der Waals surface area contributed by atoms with Crippen molar-refractivity contribution >= 4 is 17.5 Å². The molecule has 0 saturated heterocycles. The van der Waals surface area contributed by atoms with Crippen LogP contribution in [-0.4, -0.2) is 20.6 Å². The van der Waals surface area contributed by atoms with Gasteiger partial charge in [-0.2, -0.15) is 13.2 Å². The molecule has 0 saturated carbocycles. The van der Waals surface area contributed by atoms with E-state index in [0.717, 1.165) is 17.7 Å². The Morgan fingerprint density at radius 2 is 1.87 bits per heavy atom. The van der Waals surface area contributed by atoms with Crippen LogP contribution in [0.3, 0.4) is 0 Å². The number of hydrogen-bond donors (Lipinski definition) is 2. The van der Waals surface area contributed by atoms with Crippen molar-refractivity contribution < 1.29 is 23.1 Å². The van der Waals surface area contributed by atoms with Gasteiger partial charge in [0, 0.05) is 30.2 Å². The third kappa shape index (κ3) is 4.86. The van der Waals surface area contributed by atoms with Gasteiger partial charge >= 0.3 is 12.1 Å². The number of aryl methyl sites for hydroxylation is 2. The standard InChI is InChI=1S/C21H18F3N3O3/c1-13-12-15(21(22,23)24)5-8-17(13)26-19-20(30)27(11-10-25-19)16-6-2-14(3-7-16)4-9-18(28)29/h2-3,5-8,10-12H,4,9H2,1H3,(H,25,26)(H,28,29). The molecule has 9 heteroatoms. The zero-order valence-corrected chi connectivity index (χ0v) is 15.9. The molecular weight excluding hydrogens is 399 g/mol. The number of rotatable bonds is 6. The molecular formula is C21H18F3N3O3. The Bertz CT molecular complexity index is 1120. The van der Waals surface area contributed by atoms with Gasteiger partial charge in [0.15, 0.2) is 5.82 Å². The first kappa shape index (κ1) is 21.1. The maximum absolute atomic E-state index is 12.8. The van der Waals surface area contributed by atoms with Crippen molar-refractivity contribution in [2.75, 3.05) is 5.32 Å². The van der Waals surface area contributed by atoms with E-state index in [2.05, 4.69) is 10.3 Å². The van der Waals surface area contributed by atoms with Gasteiger partial charge in [-0.1, -0.05) is 12.1 Å². The minimum absolute atomic E-state index is 0.00903. The summed E-state index contributed by atoms with van der Waals surface area (Å²) in [4.78, 5) is 27.5. The number of aromatic nitrogens is 2. The minimum atomic E-state index is -4.45. The van der Waals surface area contributed by atoms with Gasteiger partial charge in [0.1, 0.15) is 0 Å². The molecule has 0 radical (unpaired) electrons. The number of benzene rings is 2. The summed E-state index contributed by atoms with van der Waals surface area (Å²) in [6.45, 7) is 1.51. The van der Waals surface area contributed by atoms with Crippen LogP contribution in [0.4, 0.5) is 24.7 Å². The lowest BCUT2D eigenvalue weighted by Gasteiger charge is -2.13. The molecule has 2 aromatic carbocycles. The molecule has 0 fully saturated rings. The van der Waals surface area contributed by atoms with E-state index in [0.29, 0.717) is 23.4 Å². The SMILES string of the molecule is Cc1cc(C(F)(F)F)ccc1Nc1nccn(-c2ccc(CCC(=O)O)cc2)c1=O. The number of carboxylic acids is 1. The molecule has 0 bridgehead atoms.